The Bertz CT molecular complexity index is 1230. The SMILES string of the molecule is Fc1ccc(OC2CCN(c3nc4cnccc4nc3NC3CC3)CC2)c(F)c1.O=C(O)C(F)(F)F. The number of aromatic nitrogens is 3. The number of fused-ring (bicyclic) bond motifs is 1. The third-order valence-corrected chi connectivity index (χ3v) is 5.54. The number of nitrogens with zero attached hydrogens (tertiary/aromatic N) is 4. The van der Waals surface area contributed by atoms with E-state index in [-0.39, 0.29) is 11.9 Å². The fraction of sp³-hybridized carbons (Fsp3) is 0.391. The van der Waals surface area contributed by atoms with Gasteiger partial charge in [0, 0.05) is 44.2 Å². The predicted octanol–water partition coefficient (Wildman–Crippen LogP) is 4.56. The number of anilines is 2. The van der Waals surface area contributed by atoms with Gasteiger partial charge in [-0.15, -0.1) is 0 Å². The van der Waals surface area contributed by atoms with E-state index >= 15 is 0 Å². The molecule has 5 rings (SSSR count). The number of carboxylic acids is 1. The topological polar surface area (TPSA) is 100 Å². The maximum absolute atomic E-state index is 13.9. The van der Waals surface area contributed by atoms with Crippen LogP contribution in [-0.2, 0) is 4.79 Å². The van der Waals surface area contributed by atoms with Crippen LogP contribution in [0.1, 0.15) is 25.7 Å². The number of aliphatic carboxylic acids is 1. The largest absolute Gasteiger partial charge is 0.490 e. The van der Waals surface area contributed by atoms with E-state index < -0.39 is 23.8 Å². The van der Waals surface area contributed by atoms with Crippen LogP contribution in [0.2, 0.25) is 0 Å². The first-order valence-corrected chi connectivity index (χ1v) is 11.1. The lowest BCUT2D eigenvalue weighted by Crippen LogP contribution is -2.39. The van der Waals surface area contributed by atoms with Crippen LogP contribution < -0.4 is 15.0 Å². The van der Waals surface area contributed by atoms with Crippen molar-refractivity contribution in [1.29, 1.82) is 0 Å². The van der Waals surface area contributed by atoms with Crippen LogP contribution >= 0.6 is 0 Å². The second-order valence-corrected chi connectivity index (χ2v) is 8.36. The van der Waals surface area contributed by atoms with E-state index in [4.69, 9.17) is 24.6 Å². The number of hydrogen-bond acceptors (Lipinski definition) is 7. The van der Waals surface area contributed by atoms with Crippen LogP contribution in [0.5, 0.6) is 5.75 Å². The molecule has 8 nitrogen and oxygen atoms in total. The minimum Gasteiger partial charge on any atom is -0.487 e. The standard InChI is InChI=1S/C21H21F2N5O.C2HF3O2/c22-13-1-4-19(16(23)11-13)29-15-6-9-28(10-7-15)21-20(25-14-2-3-14)26-17-5-8-24-12-18(17)27-21;3-2(4,5)1(6)7/h1,4-5,8,11-12,14-15H,2-3,6-7,9-10H2,(H,25,26);(H,6,7). The van der Waals surface area contributed by atoms with E-state index in [0.717, 1.165) is 41.6 Å². The van der Waals surface area contributed by atoms with Gasteiger partial charge in [-0.05, 0) is 31.0 Å². The number of pyridine rings is 1. The van der Waals surface area contributed by atoms with E-state index in [9.17, 15) is 22.0 Å². The highest BCUT2D eigenvalue weighted by Crippen LogP contribution is 2.32. The Morgan fingerprint density at radius 3 is 2.36 bits per heavy atom. The van der Waals surface area contributed by atoms with E-state index in [1.54, 1.807) is 12.4 Å². The van der Waals surface area contributed by atoms with Crippen molar-refractivity contribution in [2.45, 2.75) is 44.0 Å². The van der Waals surface area contributed by atoms with Crippen LogP contribution in [0.25, 0.3) is 11.0 Å². The quantitative estimate of drug-likeness (QED) is 0.481. The number of halogens is 5. The molecule has 2 N–H and O–H groups in total. The van der Waals surface area contributed by atoms with Gasteiger partial charge in [0.25, 0.3) is 0 Å². The molecule has 0 bridgehead atoms. The molecular weight excluding hydrogens is 489 g/mol. The molecule has 2 aromatic heterocycles. The molecule has 0 spiro atoms. The molecule has 2 aliphatic rings. The Morgan fingerprint density at radius 1 is 1.06 bits per heavy atom. The van der Waals surface area contributed by atoms with Gasteiger partial charge in [0.1, 0.15) is 17.4 Å². The van der Waals surface area contributed by atoms with Crippen LogP contribution in [0.4, 0.5) is 33.6 Å². The van der Waals surface area contributed by atoms with E-state index in [2.05, 4.69) is 15.2 Å². The number of piperidine rings is 1. The molecule has 1 saturated carbocycles. The van der Waals surface area contributed by atoms with Crippen molar-refractivity contribution in [2.75, 3.05) is 23.3 Å². The molecule has 3 heterocycles. The highest BCUT2D eigenvalue weighted by atomic mass is 19.4. The lowest BCUT2D eigenvalue weighted by molar-refractivity contribution is -0.192. The first-order valence-electron chi connectivity index (χ1n) is 11.1. The maximum Gasteiger partial charge on any atom is 0.490 e. The second-order valence-electron chi connectivity index (χ2n) is 8.36. The number of hydrogen-bond donors (Lipinski definition) is 2. The third-order valence-electron chi connectivity index (χ3n) is 5.54. The maximum atomic E-state index is 13.9. The molecule has 0 amide bonds. The molecule has 192 valence electrons. The molecule has 0 radical (unpaired) electrons. The molecular formula is C23H22F5N5O3. The predicted molar refractivity (Wildman–Crippen MR) is 120 cm³/mol. The van der Waals surface area contributed by atoms with Crippen molar-refractivity contribution < 1.29 is 36.6 Å². The van der Waals surface area contributed by atoms with E-state index in [0.29, 0.717) is 32.0 Å². The van der Waals surface area contributed by atoms with Gasteiger partial charge < -0.3 is 20.1 Å². The fourth-order valence-corrected chi connectivity index (χ4v) is 3.57. The smallest absolute Gasteiger partial charge is 0.487 e. The highest BCUT2D eigenvalue weighted by Gasteiger charge is 2.38. The molecule has 2 fully saturated rings. The summed E-state index contributed by atoms with van der Waals surface area (Å²) in [5, 5.41) is 10.6. The summed E-state index contributed by atoms with van der Waals surface area (Å²) >= 11 is 0. The van der Waals surface area contributed by atoms with Crippen molar-refractivity contribution in [1.82, 2.24) is 15.0 Å². The van der Waals surface area contributed by atoms with Gasteiger partial charge in [-0.1, -0.05) is 0 Å². The molecule has 0 unspecified atom stereocenters. The summed E-state index contributed by atoms with van der Waals surface area (Å²) in [6.07, 6.45) is 1.96. The Hall–Kier alpha value is -3.77. The zero-order chi connectivity index (χ0) is 25.9. The summed E-state index contributed by atoms with van der Waals surface area (Å²) < 4.78 is 64.5. The summed E-state index contributed by atoms with van der Waals surface area (Å²) in [5.41, 5.74) is 1.58. The van der Waals surface area contributed by atoms with E-state index in [1.165, 1.54) is 12.1 Å². The Labute approximate surface area is 202 Å². The fourth-order valence-electron chi connectivity index (χ4n) is 3.57. The Morgan fingerprint density at radius 2 is 1.75 bits per heavy atom. The van der Waals surface area contributed by atoms with Gasteiger partial charge in [0.2, 0.25) is 0 Å². The van der Waals surface area contributed by atoms with Gasteiger partial charge in [0.05, 0.1) is 11.7 Å². The molecule has 1 aliphatic carbocycles. The minimum absolute atomic E-state index is 0.0949. The summed E-state index contributed by atoms with van der Waals surface area (Å²) in [6, 6.07) is 5.73. The molecule has 36 heavy (non-hydrogen) atoms. The van der Waals surface area contributed by atoms with Crippen molar-refractivity contribution in [3.63, 3.8) is 0 Å². The second kappa shape index (κ2) is 10.5. The number of ether oxygens (including phenoxy) is 1. The van der Waals surface area contributed by atoms with Gasteiger partial charge in [-0.2, -0.15) is 13.2 Å². The van der Waals surface area contributed by atoms with Crippen molar-refractivity contribution >= 4 is 28.6 Å². The van der Waals surface area contributed by atoms with Gasteiger partial charge in [0.15, 0.2) is 23.2 Å². The summed E-state index contributed by atoms with van der Waals surface area (Å²) in [4.78, 5) is 24.8. The lowest BCUT2D eigenvalue weighted by atomic mass is 10.1. The number of benzene rings is 1. The average molecular weight is 511 g/mol. The van der Waals surface area contributed by atoms with Gasteiger partial charge in [-0.3, -0.25) is 4.98 Å². The Kier molecular flexibility index (Phi) is 7.36. The number of alkyl halides is 3. The van der Waals surface area contributed by atoms with Gasteiger partial charge >= 0.3 is 12.1 Å². The molecule has 1 aromatic carbocycles. The number of nitrogens with one attached hydrogen (secondary N) is 1. The van der Waals surface area contributed by atoms with Crippen molar-refractivity contribution in [3.05, 3.63) is 48.3 Å². The molecule has 3 aromatic rings. The van der Waals surface area contributed by atoms with Crippen molar-refractivity contribution in [2.24, 2.45) is 0 Å². The van der Waals surface area contributed by atoms with Crippen LogP contribution in [-0.4, -0.2) is 57.4 Å². The van der Waals surface area contributed by atoms with Crippen LogP contribution in [0.3, 0.4) is 0 Å². The number of rotatable bonds is 5. The number of carbonyl (C=O) groups is 1. The molecule has 0 atom stereocenters. The molecule has 1 saturated heterocycles. The first kappa shape index (κ1) is 25.3. The lowest BCUT2D eigenvalue weighted by Gasteiger charge is -2.33. The molecule has 13 heteroatoms. The third kappa shape index (κ3) is 6.46. The van der Waals surface area contributed by atoms with Crippen LogP contribution in [0, 0.1) is 11.6 Å². The zero-order valence-electron chi connectivity index (χ0n) is 18.8. The monoisotopic (exact) mass is 511 g/mol. The van der Waals surface area contributed by atoms with Gasteiger partial charge in [-0.25, -0.2) is 23.5 Å². The van der Waals surface area contributed by atoms with Crippen molar-refractivity contribution in [3.8, 4) is 5.75 Å². The first-order chi connectivity index (χ1) is 17.1. The average Bonchev–Trinajstić information content (AvgIpc) is 3.65. The summed E-state index contributed by atoms with van der Waals surface area (Å²) in [6.45, 7) is 1.43. The highest BCUT2D eigenvalue weighted by molar-refractivity contribution is 5.80. The van der Waals surface area contributed by atoms with Crippen LogP contribution in [0.15, 0.2) is 36.7 Å². The minimum atomic E-state index is -5.08. The van der Waals surface area contributed by atoms with E-state index in [1.807, 2.05) is 6.07 Å². The summed E-state index contributed by atoms with van der Waals surface area (Å²) in [5.74, 6) is -2.31. The summed E-state index contributed by atoms with van der Waals surface area (Å²) in [7, 11) is 0. The Balaban J connectivity index is 0.000000384. The molecule has 1 aliphatic heterocycles. The number of carboxylic acid groups (broad SMARTS) is 1. The zero-order valence-corrected chi connectivity index (χ0v) is 18.8. The normalized spacial score (nSPS) is 16.3.